The molecule has 0 radical (unpaired) electrons. The van der Waals surface area contributed by atoms with Crippen molar-refractivity contribution in [3.63, 3.8) is 0 Å². The molecule has 0 aromatic rings. The Morgan fingerprint density at radius 1 is 0.382 bits per heavy atom. The first-order chi connectivity index (χ1) is 51.9. The number of carbonyl (C=O) groups is 14. The van der Waals surface area contributed by atoms with Gasteiger partial charge in [0, 0.05) is 52.1 Å². The topological polar surface area (TPSA) is 849 Å². The largest absolute Gasteiger partial charge is 0.481 e. The number of hydrogen-bond acceptors (Lipinski definition) is 23. The molecule has 110 heavy (non-hydrogen) atoms. The predicted octanol–water partition coefficient (Wildman–Crippen LogP) is -12.1. The molecule has 12 amide bonds. The number of aliphatic hydroxyl groups is 1. The van der Waals surface area contributed by atoms with Crippen molar-refractivity contribution in [3.05, 3.63) is 0 Å². The van der Waals surface area contributed by atoms with Crippen molar-refractivity contribution in [3.8, 4) is 0 Å². The molecule has 1 fully saturated rings. The second kappa shape index (κ2) is 53.5. The molecule has 47 nitrogen and oxygen atoms in total. The van der Waals surface area contributed by atoms with Crippen LogP contribution in [0, 0.1) is 0 Å². The number of nitrogens with two attached hydrogens (primary N) is 14. The highest BCUT2D eigenvalue weighted by atomic mass is 16.4. The Kier molecular flexibility index (Phi) is 47.1. The lowest BCUT2D eigenvalue weighted by molar-refractivity contribution is -0.142. The van der Waals surface area contributed by atoms with E-state index < -0.39 is 188 Å². The maximum absolute atomic E-state index is 14.9. The molecule has 0 saturated carbocycles. The van der Waals surface area contributed by atoms with Crippen LogP contribution in [-0.4, -0.2) is 264 Å². The van der Waals surface area contributed by atoms with Gasteiger partial charge in [-0.25, -0.2) is 0 Å². The van der Waals surface area contributed by atoms with Gasteiger partial charge in [0.2, 0.25) is 70.9 Å². The second-order valence-corrected chi connectivity index (χ2v) is 25.9. The molecule has 12 atom stereocenters. The van der Waals surface area contributed by atoms with Gasteiger partial charge in [0.25, 0.3) is 0 Å². The highest BCUT2D eigenvalue weighted by Crippen LogP contribution is 2.20. The van der Waals surface area contributed by atoms with E-state index in [2.05, 4.69) is 78.1 Å². The molecular formula is C63H118N30O17. The number of aliphatic imine (C=N–C) groups is 5. The molecule has 1 rings (SSSR count). The van der Waals surface area contributed by atoms with E-state index in [1.54, 1.807) is 0 Å². The fourth-order valence-electron chi connectivity index (χ4n) is 10.9. The van der Waals surface area contributed by atoms with Crippen LogP contribution in [0.25, 0.3) is 0 Å². The van der Waals surface area contributed by atoms with Crippen molar-refractivity contribution in [1.82, 2.24) is 58.1 Å². The van der Waals surface area contributed by atoms with Crippen molar-refractivity contribution >= 4 is 113 Å². The van der Waals surface area contributed by atoms with E-state index in [0.717, 1.165) is 4.90 Å². The zero-order chi connectivity index (χ0) is 83.0. The second-order valence-electron chi connectivity index (χ2n) is 25.9. The summed E-state index contributed by atoms with van der Waals surface area (Å²) < 4.78 is 0. The first-order valence-corrected chi connectivity index (χ1v) is 36.1. The van der Waals surface area contributed by atoms with E-state index in [-0.39, 0.29) is 178 Å². The number of nitrogens with one attached hydrogen (secondary N) is 10. The van der Waals surface area contributed by atoms with Gasteiger partial charge in [-0.3, -0.25) is 92.1 Å². The number of amides is 12. The fourth-order valence-corrected chi connectivity index (χ4v) is 10.9. The molecule has 1 aliphatic heterocycles. The summed E-state index contributed by atoms with van der Waals surface area (Å²) in [4.78, 5) is 213. The first kappa shape index (κ1) is 96.8. The highest BCUT2D eigenvalue weighted by Gasteiger charge is 2.40. The van der Waals surface area contributed by atoms with Crippen LogP contribution in [0.4, 0.5) is 0 Å². The number of primary amides is 1. The van der Waals surface area contributed by atoms with Gasteiger partial charge in [0.1, 0.15) is 73.0 Å². The number of hydrogen-bond donors (Lipinski definition) is 27. The molecule has 47 heteroatoms. The number of carbonyl (C=O) groups excluding carboxylic acids is 12. The molecule has 41 N–H and O–H groups in total. The lowest BCUT2D eigenvalue weighted by atomic mass is 10.0. The van der Waals surface area contributed by atoms with Crippen LogP contribution in [0.5, 0.6) is 0 Å². The van der Waals surface area contributed by atoms with Crippen molar-refractivity contribution in [2.24, 2.45) is 105 Å². The van der Waals surface area contributed by atoms with Crippen LogP contribution >= 0.6 is 0 Å². The number of rotatable bonds is 57. The monoisotopic (exact) mass is 1570 g/mol. The Labute approximate surface area is 635 Å². The Hall–Kier alpha value is -11.2. The molecule has 0 aromatic heterocycles. The lowest BCUT2D eigenvalue weighted by Gasteiger charge is -2.29. The van der Waals surface area contributed by atoms with Crippen molar-refractivity contribution in [1.29, 1.82) is 0 Å². The van der Waals surface area contributed by atoms with Gasteiger partial charge >= 0.3 is 11.9 Å². The van der Waals surface area contributed by atoms with Crippen LogP contribution in [0.1, 0.15) is 148 Å². The summed E-state index contributed by atoms with van der Waals surface area (Å²) in [6.07, 6.45) is -3.46. The lowest BCUT2D eigenvalue weighted by Crippen LogP contribution is -2.60. The minimum Gasteiger partial charge on any atom is -0.481 e. The van der Waals surface area contributed by atoms with E-state index in [9.17, 15) is 82.4 Å². The molecule has 0 bridgehead atoms. The predicted molar refractivity (Wildman–Crippen MR) is 403 cm³/mol. The van der Waals surface area contributed by atoms with Gasteiger partial charge in [0.05, 0.1) is 6.10 Å². The number of unbranched alkanes of at least 4 members (excludes halogenated alkanes) is 2. The maximum Gasteiger partial charge on any atom is 0.322 e. The van der Waals surface area contributed by atoms with Crippen LogP contribution < -0.4 is 133 Å². The van der Waals surface area contributed by atoms with Gasteiger partial charge in [-0.1, -0.05) is 0 Å². The molecule has 0 spiro atoms. The smallest absolute Gasteiger partial charge is 0.322 e. The van der Waals surface area contributed by atoms with Gasteiger partial charge in [0.15, 0.2) is 29.8 Å². The molecule has 622 valence electrons. The molecular weight excluding hydrogens is 1450 g/mol. The number of aliphatic hydroxyl groups excluding tert-OH is 1. The number of nitrogens with zero attached hydrogens (tertiary/aromatic N) is 6. The van der Waals surface area contributed by atoms with Crippen molar-refractivity contribution in [2.45, 2.75) is 221 Å². The number of guanidine groups is 5. The zero-order valence-corrected chi connectivity index (χ0v) is 62.2. The van der Waals surface area contributed by atoms with Crippen molar-refractivity contribution in [2.75, 3.05) is 58.9 Å². The van der Waals surface area contributed by atoms with Gasteiger partial charge in [-0.05, 0) is 148 Å². The molecule has 1 saturated heterocycles. The summed E-state index contributed by atoms with van der Waals surface area (Å²) in [5, 5.41) is 54.4. The Morgan fingerprint density at radius 2 is 0.655 bits per heavy atom. The summed E-state index contributed by atoms with van der Waals surface area (Å²) in [5.74, 6) is -16.1. The number of aliphatic carboxylic acids is 2. The standard InChI is InChI=1S/C63H118N30O17/c1-33(94)47(67)58(110)93-31-11-19-43(93)57(109)92-41(20-22-44(66)95)55(107)89-40(18-10-30-82-63(76)77)54(106)91-42(21-23-45(96)97)56(108)90-39(17-9-29-81-62(74)75)53(105)88-38(16-8-28-80-61(72)73)52(104)87-37(15-7-27-79-60(70)71)51(103)86-36(13-3-5-25-65)50(102)85-35(12-2-4-24-64)49(101)84-34(14-6-26-78-59(68)69)48(100)83-32-46(98)99/h33-43,47,94H,2-32,64-65,67H2,1H3,(H2,66,95)(H,83,100)(H,84,101)(H,85,102)(H,86,103)(H,87,104)(H,88,105)(H,89,107)(H,90,108)(H,91,106)(H,92,109)(H,96,97)(H,98,99)(H4,68,69,78)(H4,70,71,79)(H4,72,73,80)(H4,74,75,81)(H4,76,77,82)/t33-,34+,35+,36+,37+,38+,39+,40+,41+,42+,43+,47+/m1/s1. The summed E-state index contributed by atoms with van der Waals surface area (Å²) in [6.45, 7) is 0.417. The molecule has 0 aromatic carbocycles. The SMILES string of the molecule is C[C@@H](O)[C@H](N)C(=O)N1CCC[C@H]1C(=O)N[C@@H](CCC(N)=O)C(=O)N[C@@H](CCCN=C(N)N)C(=O)N[C@@H](CCC(=O)O)C(=O)N[C@@H](CCCN=C(N)N)C(=O)N[C@@H](CCCN=C(N)N)C(=O)N[C@@H](CCCN=C(N)N)C(=O)N[C@@H](CCCCN)C(=O)N[C@@H](CCCCN)C(=O)N[C@@H](CCCN=C(N)N)C(=O)NCC(=O)O. The third-order valence-corrected chi connectivity index (χ3v) is 16.7. The Morgan fingerprint density at radius 3 is 0.918 bits per heavy atom. The summed E-state index contributed by atoms with van der Waals surface area (Å²) in [5.41, 5.74) is 78.4. The Balaban J connectivity index is 4.00. The molecule has 0 unspecified atom stereocenters. The van der Waals surface area contributed by atoms with Crippen LogP contribution in [-0.2, 0) is 67.1 Å². The van der Waals surface area contributed by atoms with E-state index >= 15 is 0 Å². The normalized spacial score (nSPS) is 15.2. The van der Waals surface area contributed by atoms with E-state index in [1.165, 1.54) is 6.92 Å². The average molecular weight is 1570 g/mol. The van der Waals surface area contributed by atoms with Crippen LogP contribution in [0.3, 0.4) is 0 Å². The summed E-state index contributed by atoms with van der Waals surface area (Å²) in [7, 11) is 0. The fraction of sp³-hybridized carbons (Fsp3) is 0.698. The molecule has 1 heterocycles. The number of carboxylic acid groups (broad SMARTS) is 2. The minimum absolute atomic E-state index is 0.00486. The van der Waals surface area contributed by atoms with E-state index in [4.69, 9.17) is 80.3 Å². The molecule has 1 aliphatic rings. The van der Waals surface area contributed by atoms with Crippen molar-refractivity contribution < 1.29 is 82.4 Å². The summed E-state index contributed by atoms with van der Waals surface area (Å²) in [6, 6.07) is -16.8. The van der Waals surface area contributed by atoms with Crippen LogP contribution in [0.2, 0.25) is 0 Å². The third kappa shape index (κ3) is 41.2. The Bertz CT molecular complexity index is 3180. The number of carboxylic acids is 2. The quantitative estimate of drug-likeness (QED) is 0.0153. The van der Waals surface area contributed by atoms with Gasteiger partial charge in [-0.2, -0.15) is 0 Å². The van der Waals surface area contributed by atoms with E-state index in [0.29, 0.717) is 19.3 Å². The highest BCUT2D eigenvalue weighted by molar-refractivity contribution is 6.00. The first-order valence-electron chi connectivity index (χ1n) is 36.1. The molecule has 0 aliphatic carbocycles. The summed E-state index contributed by atoms with van der Waals surface area (Å²) >= 11 is 0. The van der Waals surface area contributed by atoms with Gasteiger partial charge in [-0.15, -0.1) is 0 Å². The zero-order valence-electron chi connectivity index (χ0n) is 62.2. The average Bonchev–Trinajstić information content (AvgIpc) is 1.61. The van der Waals surface area contributed by atoms with E-state index in [1.807, 2.05) is 0 Å². The number of likely N-dealkylation sites (tertiary alicyclic amines) is 1. The van der Waals surface area contributed by atoms with Gasteiger partial charge < -0.3 is 154 Å². The maximum atomic E-state index is 14.9. The van der Waals surface area contributed by atoms with Crippen LogP contribution in [0.15, 0.2) is 25.0 Å². The third-order valence-electron chi connectivity index (χ3n) is 16.7. The minimum atomic E-state index is -1.85.